The monoisotopic (exact) mass is 559 g/mol. The number of hydrogen-bond acceptors (Lipinski definition) is 6. The number of para-hydroxylation sites is 1. The molecule has 0 saturated heterocycles. The average molecular weight is 560 g/mol. The molecule has 1 atom stereocenters. The molecular formula is C26H24ClF2N5O5. The first-order valence-electron chi connectivity index (χ1n) is 11.7. The summed E-state index contributed by atoms with van der Waals surface area (Å²) in [6.45, 7) is 2.86. The molecule has 4 rings (SSSR count). The van der Waals surface area contributed by atoms with Crippen LogP contribution in [0.1, 0.15) is 36.2 Å². The van der Waals surface area contributed by atoms with Gasteiger partial charge in [-0.25, -0.2) is 23.2 Å². The number of hydrogen-bond donors (Lipinski definition) is 3. The molecule has 0 fully saturated rings. The Labute approximate surface area is 226 Å². The molecule has 0 unspecified atom stereocenters. The third-order valence-corrected chi connectivity index (χ3v) is 6.23. The molecule has 0 aliphatic heterocycles. The number of nitrogens with zero attached hydrogens (tertiary/aromatic N) is 4. The lowest BCUT2D eigenvalue weighted by molar-refractivity contribution is -0.124. The third-order valence-electron chi connectivity index (χ3n) is 5.89. The second-order valence-electron chi connectivity index (χ2n) is 8.73. The Balaban J connectivity index is 1.60. The van der Waals surface area contributed by atoms with Crippen molar-refractivity contribution in [1.82, 2.24) is 25.1 Å². The number of carboxylic acid groups (broad SMARTS) is 1. The van der Waals surface area contributed by atoms with Gasteiger partial charge in [0, 0.05) is 23.1 Å². The number of halogens is 3. The van der Waals surface area contributed by atoms with Crippen LogP contribution in [0, 0.1) is 18.6 Å². The molecule has 3 N–H and O–H groups in total. The molecule has 0 saturated carbocycles. The summed E-state index contributed by atoms with van der Waals surface area (Å²) >= 11 is 6.37. The standard InChI is InChI=1S/C26H24ClF2N5O5/c1-14-8-22(33-12-17(29)11-30-33)18-4-3-5-23(25(18)31-14)39-13-20-19(9-16(28)10-21(20)27)15(2)32-24(35)6-7-34(38)26(36)37/h3-5,8-12,15,38H,6-7,13H2,1-2H3,(H,32,35)(H,36,37)/t15-/m0/s1. The van der Waals surface area contributed by atoms with Crippen molar-refractivity contribution in [3.05, 3.63) is 82.3 Å². The van der Waals surface area contributed by atoms with Crippen LogP contribution in [0.15, 0.2) is 48.8 Å². The lowest BCUT2D eigenvalue weighted by Crippen LogP contribution is -2.33. The Kier molecular flexibility index (Phi) is 8.27. The van der Waals surface area contributed by atoms with Crippen molar-refractivity contribution in [1.29, 1.82) is 0 Å². The minimum absolute atomic E-state index is 0.00320. The number of hydroxylamine groups is 2. The second-order valence-corrected chi connectivity index (χ2v) is 9.13. The van der Waals surface area contributed by atoms with Crippen LogP contribution in [-0.4, -0.2) is 48.7 Å². The molecule has 39 heavy (non-hydrogen) atoms. The number of pyridine rings is 1. The van der Waals surface area contributed by atoms with Gasteiger partial charge in [-0.2, -0.15) is 10.2 Å². The van der Waals surface area contributed by atoms with E-state index in [1.165, 1.54) is 16.9 Å². The molecule has 0 aliphatic carbocycles. The van der Waals surface area contributed by atoms with E-state index in [-0.39, 0.29) is 23.1 Å². The molecule has 204 valence electrons. The van der Waals surface area contributed by atoms with Gasteiger partial charge in [-0.3, -0.25) is 10.0 Å². The van der Waals surface area contributed by atoms with Crippen molar-refractivity contribution in [3.63, 3.8) is 0 Å². The van der Waals surface area contributed by atoms with Crippen molar-refractivity contribution in [3.8, 4) is 11.4 Å². The molecule has 2 heterocycles. The highest BCUT2D eigenvalue weighted by atomic mass is 35.5. The Morgan fingerprint density at radius 3 is 2.69 bits per heavy atom. The van der Waals surface area contributed by atoms with E-state index in [2.05, 4.69) is 15.4 Å². The van der Waals surface area contributed by atoms with Crippen molar-refractivity contribution in [2.45, 2.75) is 32.9 Å². The molecule has 2 aromatic heterocycles. The van der Waals surface area contributed by atoms with Crippen LogP contribution in [0.5, 0.6) is 5.75 Å². The number of aromatic nitrogens is 3. The van der Waals surface area contributed by atoms with Gasteiger partial charge in [0.05, 0.1) is 35.7 Å². The predicted molar refractivity (Wildman–Crippen MR) is 137 cm³/mol. The molecule has 10 nitrogen and oxygen atoms in total. The molecule has 2 aromatic carbocycles. The first kappa shape index (κ1) is 27.7. The summed E-state index contributed by atoms with van der Waals surface area (Å²) in [5, 5.41) is 25.4. The lowest BCUT2D eigenvalue weighted by Gasteiger charge is -2.20. The van der Waals surface area contributed by atoms with Crippen LogP contribution in [-0.2, 0) is 11.4 Å². The van der Waals surface area contributed by atoms with Crippen LogP contribution < -0.4 is 10.1 Å². The second kappa shape index (κ2) is 11.6. The molecule has 0 aliphatic rings. The van der Waals surface area contributed by atoms with Gasteiger partial charge in [-0.15, -0.1) is 0 Å². The average Bonchev–Trinajstić information content (AvgIpc) is 3.31. The number of carbonyl (C=O) groups is 2. The molecule has 4 aromatic rings. The fraction of sp³-hybridized carbons (Fsp3) is 0.231. The predicted octanol–water partition coefficient (Wildman–Crippen LogP) is 5.18. The van der Waals surface area contributed by atoms with Crippen molar-refractivity contribution in [2.24, 2.45) is 0 Å². The zero-order valence-corrected chi connectivity index (χ0v) is 21.6. The van der Waals surface area contributed by atoms with E-state index in [1.54, 1.807) is 38.1 Å². The van der Waals surface area contributed by atoms with Crippen LogP contribution >= 0.6 is 11.6 Å². The maximum atomic E-state index is 14.3. The zero-order valence-electron chi connectivity index (χ0n) is 20.9. The summed E-state index contributed by atoms with van der Waals surface area (Å²) in [5.74, 6) is -1.28. The summed E-state index contributed by atoms with van der Waals surface area (Å²) < 4.78 is 35.4. The van der Waals surface area contributed by atoms with Gasteiger partial charge in [-0.1, -0.05) is 23.7 Å². The smallest absolute Gasteiger partial charge is 0.431 e. The minimum Gasteiger partial charge on any atom is -0.487 e. The topological polar surface area (TPSA) is 130 Å². The first-order chi connectivity index (χ1) is 18.5. The van der Waals surface area contributed by atoms with Crippen LogP contribution in [0.3, 0.4) is 0 Å². The maximum absolute atomic E-state index is 14.3. The van der Waals surface area contributed by atoms with Gasteiger partial charge in [-0.05, 0) is 43.7 Å². The van der Waals surface area contributed by atoms with E-state index in [1.807, 2.05) is 0 Å². The fourth-order valence-electron chi connectivity index (χ4n) is 4.07. The van der Waals surface area contributed by atoms with Crippen molar-refractivity contribution in [2.75, 3.05) is 6.54 Å². The zero-order chi connectivity index (χ0) is 28.3. The van der Waals surface area contributed by atoms with E-state index in [9.17, 15) is 23.6 Å². The quantitative estimate of drug-likeness (QED) is 0.190. The van der Waals surface area contributed by atoms with E-state index in [0.29, 0.717) is 39.2 Å². The van der Waals surface area contributed by atoms with Gasteiger partial charge < -0.3 is 15.2 Å². The van der Waals surface area contributed by atoms with Crippen LogP contribution in [0.4, 0.5) is 13.6 Å². The molecule has 0 spiro atoms. The number of nitrogens with one attached hydrogen (secondary N) is 1. The Morgan fingerprint density at radius 2 is 2.00 bits per heavy atom. The largest absolute Gasteiger partial charge is 0.487 e. The highest BCUT2D eigenvalue weighted by molar-refractivity contribution is 6.31. The Morgan fingerprint density at radius 1 is 1.23 bits per heavy atom. The van der Waals surface area contributed by atoms with Gasteiger partial charge >= 0.3 is 6.09 Å². The number of rotatable bonds is 9. The lowest BCUT2D eigenvalue weighted by atomic mass is 10.0. The Hall–Kier alpha value is -4.29. The maximum Gasteiger partial charge on any atom is 0.431 e. The van der Waals surface area contributed by atoms with E-state index in [4.69, 9.17) is 21.4 Å². The summed E-state index contributed by atoms with van der Waals surface area (Å²) in [6, 6.07) is 8.64. The number of aryl methyl sites for hydroxylation is 1. The van der Waals surface area contributed by atoms with E-state index in [0.717, 1.165) is 12.3 Å². The fourth-order valence-corrected chi connectivity index (χ4v) is 4.34. The Bertz CT molecular complexity index is 1550. The minimum atomic E-state index is -1.59. The summed E-state index contributed by atoms with van der Waals surface area (Å²) in [5.41, 5.74) is 2.51. The normalized spacial score (nSPS) is 11.8. The number of ether oxygens (including phenoxy) is 1. The van der Waals surface area contributed by atoms with Crippen molar-refractivity contribution < 1.29 is 33.4 Å². The number of amides is 2. The number of benzene rings is 2. The molecule has 13 heteroatoms. The van der Waals surface area contributed by atoms with Crippen molar-refractivity contribution >= 4 is 34.5 Å². The van der Waals surface area contributed by atoms with Gasteiger partial charge in [0.2, 0.25) is 5.91 Å². The summed E-state index contributed by atoms with van der Waals surface area (Å²) in [7, 11) is 0. The molecular weight excluding hydrogens is 536 g/mol. The highest BCUT2D eigenvalue weighted by Gasteiger charge is 2.20. The van der Waals surface area contributed by atoms with Gasteiger partial charge in [0.15, 0.2) is 5.82 Å². The highest BCUT2D eigenvalue weighted by Crippen LogP contribution is 2.32. The SMILES string of the molecule is Cc1cc(-n2cc(F)cn2)c2cccc(OCc3c(Cl)cc(F)cc3[C@H](C)NC(=O)CCN(O)C(=O)O)c2n1. The molecule has 0 radical (unpaired) electrons. The third kappa shape index (κ3) is 6.41. The molecule has 0 bridgehead atoms. The van der Waals surface area contributed by atoms with E-state index >= 15 is 0 Å². The van der Waals surface area contributed by atoms with E-state index < -0.39 is 36.2 Å². The number of carbonyl (C=O) groups excluding carboxylic acids is 1. The van der Waals surface area contributed by atoms with Gasteiger partial charge in [0.1, 0.15) is 23.7 Å². The van der Waals surface area contributed by atoms with Crippen LogP contribution in [0.25, 0.3) is 16.6 Å². The van der Waals surface area contributed by atoms with Crippen LogP contribution in [0.2, 0.25) is 5.02 Å². The first-order valence-corrected chi connectivity index (χ1v) is 12.1. The number of fused-ring (bicyclic) bond motifs is 1. The summed E-state index contributed by atoms with van der Waals surface area (Å²) in [4.78, 5) is 27.6. The molecule has 2 amide bonds. The van der Waals surface area contributed by atoms with Gasteiger partial charge in [0.25, 0.3) is 0 Å². The summed E-state index contributed by atoms with van der Waals surface area (Å²) in [6.07, 6.45) is 0.452.